The lowest BCUT2D eigenvalue weighted by Gasteiger charge is -2.20. The topological polar surface area (TPSA) is 117 Å². The van der Waals surface area contributed by atoms with E-state index in [0.717, 1.165) is 83.5 Å². The van der Waals surface area contributed by atoms with Gasteiger partial charge in [-0.3, -0.25) is 13.8 Å². The van der Waals surface area contributed by atoms with E-state index in [4.69, 9.17) is 24.3 Å². The number of phosphoric ester groups is 1. The molecule has 0 heterocycles. The van der Waals surface area contributed by atoms with Crippen LogP contribution < -0.4 is 5.73 Å². The lowest BCUT2D eigenvalue weighted by molar-refractivity contribution is -0.154. The molecule has 0 spiro atoms. The second kappa shape index (κ2) is 53.6. The summed E-state index contributed by atoms with van der Waals surface area (Å²) >= 11 is 0. The van der Waals surface area contributed by atoms with E-state index in [1.807, 2.05) is 0 Å². The van der Waals surface area contributed by atoms with E-state index in [2.05, 4.69) is 98.9 Å². The molecule has 0 rings (SSSR count). The van der Waals surface area contributed by atoms with Crippen LogP contribution in [-0.4, -0.2) is 49.9 Å². The minimum absolute atomic E-state index is 0.0929. The molecule has 2 unspecified atom stereocenters. The first-order valence-electron chi connectivity index (χ1n) is 27.1. The molecule has 382 valence electrons. The Kier molecular flexibility index (Phi) is 51.7. The molecule has 0 aromatic rings. The fourth-order valence-electron chi connectivity index (χ4n) is 7.35. The van der Waals surface area contributed by atoms with Crippen LogP contribution in [0.25, 0.3) is 0 Å². The Morgan fingerprint density at radius 1 is 0.470 bits per heavy atom. The third kappa shape index (κ3) is 52.6. The molecule has 0 amide bonds. The fraction of sp³-hybridized carbons (Fsp3) is 0.737. The van der Waals surface area contributed by atoms with Crippen LogP contribution in [0.1, 0.15) is 232 Å². The number of allylic oxidation sites excluding steroid dienone is 14. The number of carbonyl (C=O) groups excluding carboxylic acids is 1. The van der Waals surface area contributed by atoms with Crippen molar-refractivity contribution in [2.24, 2.45) is 5.73 Å². The monoisotopic (exact) mass is 944 g/mol. The number of unbranched alkanes of at least 4 members (excludes halogenated alkanes) is 24. The molecule has 0 aliphatic rings. The summed E-state index contributed by atoms with van der Waals surface area (Å²) in [6.45, 7) is 4.77. The second-order valence-electron chi connectivity index (χ2n) is 17.7. The van der Waals surface area contributed by atoms with E-state index in [1.54, 1.807) is 0 Å². The number of esters is 1. The minimum atomic E-state index is -4.30. The number of rotatable bonds is 51. The van der Waals surface area contributed by atoms with Crippen molar-refractivity contribution in [2.75, 3.05) is 33.0 Å². The lowest BCUT2D eigenvalue weighted by Crippen LogP contribution is -2.28. The summed E-state index contributed by atoms with van der Waals surface area (Å²) in [7, 11) is -4.30. The van der Waals surface area contributed by atoms with Crippen molar-refractivity contribution in [3.63, 3.8) is 0 Å². The largest absolute Gasteiger partial charge is 0.472 e. The molecule has 8 nitrogen and oxygen atoms in total. The molecule has 0 aromatic carbocycles. The summed E-state index contributed by atoms with van der Waals surface area (Å²) in [6.07, 6.45) is 70.5. The van der Waals surface area contributed by atoms with Crippen LogP contribution in [0, 0.1) is 0 Å². The van der Waals surface area contributed by atoms with Crippen LogP contribution in [0.2, 0.25) is 0 Å². The maximum absolute atomic E-state index is 12.7. The van der Waals surface area contributed by atoms with Gasteiger partial charge in [-0.15, -0.1) is 0 Å². The smallest absolute Gasteiger partial charge is 0.457 e. The Hall–Kier alpha value is -2.32. The van der Waals surface area contributed by atoms with Gasteiger partial charge in [-0.1, -0.05) is 221 Å². The Morgan fingerprint density at radius 3 is 1.29 bits per heavy atom. The molecule has 9 heteroatoms. The highest BCUT2D eigenvalue weighted by molar-refractivity contribution is 7.47. The van der Waals surface area contributed by atoms with Gasteiger partial charge in [-0.25, -0.2) is 4.57 Å². The van der Waals surface area contributed by atoms with Gasteiger partial charge in [0.2, 0.25) is 0 Å². The van der Waals surface area contributed by atoms with Crippen molar-refractivity contribution in [2.45, 2.75) is 238 Å². The highest BCUT2D eigenvalue weighted by Gasteiger charge is 2.25. The number of ether oxygens (including phenoxy) is 2. The molecule has 0 aliphatic carbocycles. The van der Waals surface area contributed by atoms with Crippen LogP contribution in [0.5, 0.6) is 0 Å². The van der Waals surface area contributed by atoms with Gasteiger partial charge in [0.05, 0.1) is 19.8 Å². The summed E-state index contributed by atoms with van der Waals surface area (Å²) in [6, 6.07) is 0. The van der Waals surface area contributed by atoms with Gasteiger partial charge in [0.25, 0.3) is 0 Å². The highest BCUT2D eigenvalue weighted by atomic mass is 31.2. The van der Waals surface area contributed by atoms with E-state index in [9.17, 15) is 14.3 Å². The van der Waals surface area contributed by atoms with Gasteiger partial charge in [-0.2, -0.15) is 0 Å². The third-order valence-electron chi connectivity index (χ3n) is 11.3. The predicted molar refractivity (Wildman–Crippen MR) is 284 cm³/mol. The molecule has 3 N–H and O–H groups in total. The molecule has 0 saturated heterocycles. The van der Waals surface area contributed by atoms with Gasteiger partial charge < -0.3 is 20.1 Å². The maximum Gasteiger partial charge on any atom is 0.472 e. The standard InChI is InChI=1S/C57H102NO7P/c1-3-5-7-9-11-13-15-17-19-21-23-25-27-29-31-33-35-37-39-41-43-45-47-49-52-62-54-56(55-64-66(60,61)63-53-51-58)65-57(59)50-48-46-44-42-40-38-36-34-32-30-28-26-24-22-20-18-16-14-12-10-8-6-4-2/h5,7,11,13,17,19,22-25,29,31,35,37,56H,3-4,6,8-10,12,14-16,18,20-21,26-28,30,32-34,36,38-55,58H2,1-2H3,(H,60,61)/b7-5-,13-11-,19-17-,24-22-,25-23-,31-29-,37-35-. The van der Waals surface area contributed by atoms with Gasteiger partial charge in [0, 0.05) is 19.6 Å². The van der Waals surface area contributed by atoms with Crippen molar-refractivity contribution < 1.29 is 32.8 Å². The Balaban J connectivity index is 3.99. The third-order valence-corrected chi connectivity index (χ3v) is 12.3. The van der Waals surface area contributed by atoms with E-state index in [1.165, 1.54) is 128 Å². The van der Waals surface area contributed by atoms with Crippen molar-refractivity contribution in [1.29, 1.82) is 0 Å². The number of nitrogens with two attached hydrogens (primary N) is 1. The number of phosphoric acid groups is 1. The zero-order chi connectivity index (χ0) is 48.0. The first kappa shape index (κ1) is 63.7. The zero-order valence-corrected chi connectivity index (χ0v) is 43.6. The highest BCUT2D eigenvalue weighted by Crippen LogP contribution is 2.43. The van der Waals surface area contributed by atoms with Crippen LogP contribution in [0.15, 0.2) is 85.1 Å². The van der Waals surface area contributed by atoms with E-state index < -0.39 is 13.9 Å². The summed E-state index contributed by atoms with van der Waals surface area (Å²) in [5, 5.41) is 0. The molecule has 0 bridgehead atoms. The summed E-state index contributed by atoms with van der Waals surface area (Å²) in [5.74, 6) is -0.339. The Labute approximate surface area is 407 Å². The van der Waals surface area contributed by atoms with E-state index >= 15 is 0 Å². The molecule has 0 radical (unpaired) electrons. The van der Waals surface area contributed by atoms with Gasteiger partial charge in [0.1, 0.15) is 6.10 Å². The number of hydrogen-bond donors (Lipinski definition) is 2. The molecule has 66 heavy (non-hydrogen) atoms. The average Bonchev–Trinajstić information content (AvgIpc) is 3.31. The molecule has 2 atom stereocenters. The Morgan fingerprint density at radius 2 is 0.848 bits per heavy atom. The summed E-state index contributed by atoms with van der Waals surface area (Å²) in [5.41, 5.74) is 5.39. The van der Waals surface area contributed by atoms with Gasteiger partial charge >= 0.3 is 13.8 Å². The molecule has 0 aromatic heterocycles. The summed E-state index contributed by atoms with van der Waals surface area (Å²) in [4.78, 5) is 22.6. The first-order valence-corrected chi connectivity index (χ1v) is 28.6. The molecule has 0 saturated carbocycles. The number of hydrogen-bond acceptors (Lipinski definition) is 7. The minimum Gasteiger partial charge on any atom is -0.457 e. The van der Waals surface area contributed by atoms with Crippen LogP contribution in [-0.2, 0) is 27.9 Å². The van der Waals surface area contributed by atoms with Crippen molar-refractivity contribution in [1.82, 2.24) is 0 Å². The van der Waals surface area contributed by atoms with Gasteiger partial charge in [-0.05, 0) is 89.9 Å². The summed E-state index contributed by atoms with van der Waals surface area (Å²) < 4.78 is 33.6. The zero-order valence-electron chi connectivity index (χ0n) is 42.7. The van der Waals surface area contributed by atoms with Crippen molar-refractivity contribution in [3.05, 3.63) is 85.1 Å². The van der Waals surface area contributed by atoms with Crippen molar-refractivity contribution in [3.8, 4) is 0 Å². The average molecular weight is 944 g/mol. The number of carbonyl (C=O) groups is 1. The fourth-order valence-corrected chi connectivity index (χ4v) is 8.11. The molecule has 0 fully saturated rings. The van der Waals surface area contributed by atoms with E-state index in [-0.39, 0.29) is 32.3 Å². The van der Waals surface area contributed by atoms with Crippen molar-refractivity contribution >= 4 is 13.8 Å². The lowest BCUT2D eigenvalue weighted by atomic mass is 10.0. The van der Waals surface area contributed by atoms with Crippen LogP contribution in [0.3, 0.4) is 0 Å². The normalized spacial score (nSPS) is 13.9. The SMILES string of the molecule is CC/C=C\C/C=C\C/C=C\C/C=C\C/C=C\C/C=C\CCCCCCCOCC(COP(=O)(O)OCCN)OC(=O)CCCCCCCCCCCCC/C=C\CCCCCCCCCC. The van der Waals surface area contributed by atoms with Crippen LogP contribution in [0.4, 0.5) is 0 Å². The predicted octanol–water partition coefficient (Wildman–Crippen LogP) is 17.2. The maximum atomic E-state index is 12.7. The second-order valence-corrected chi connectivity index (χ2v) is 19.2. The van der Waals surface area contributed by atoms with Gasteiger partial charge in [0.15, 0.2) is 0 Å². The molecule has 0 aliphatic heterocycles. The first-order chi connectivity index (χ1) is 32.4. The van der Waals surface area contributed by atoms with E-state index in [0.29, 0.717) is 13.0 Å². The Bertz CT molecular complexity index is 1290. The molecular formula is C57H102NO7P. The van der Waals surface area contributed by atoms with Crippen LogP contribution >= 0.6 is 7.82 Å². The quantitative estimate of drug-likeness (QED) is 0.0268. The molecular weight excluding hydrogens is 842 g/mol.